The standard InChI is InChI=1S/C12H13FN4O2/c1-8-6-10(11(17(18)19)7-9(8)13)16-5-4-15-12(16)2-3-14/h4-7H,2-3,14H2,1H3. The lowest BCUT2D eigenvalue weighted by molar-refractivity contribution is -0.384. The number of nitrogens with two attached hydrogens (primary N) is 1. The number of benzene rings is 1. The molecule has 1 heterocycles. The predicted molar refractivity (Wildman–Crippen MR) is 67.7 cm³/mol. The highest BCUT2D eigenvalue weighted by Gasteiger charge is 2.20. The number of hydrogen-bond acceptors (Lipinski definition) is 4. The van der Waals surface area contributed by atoms with Crippen molar-refractivity contribution < 1.29 is 9.31 Å². The first kappa shape index (κ1) is 13.2. The lowest BCUT2D eigenvalue weighted by Crippen LogP contribution is -2.10. The molecule has 0 radical (unpaired) electrons. The Kier molecular flexibility index (Phi) is 3.57. The van der Waals surface area contributed by atoms with Crippen LogP contribution in [0.5, 0.6) is 0 Å². The van der Waals surface area contributed by atoms with E-state index in [9.17, 15) is 14.5 Å². The second kappa shape index (κ2) is 5.15. The van der Waals surface area contributed by atoms with Crippen LogP contribution in [-0.4, -0.2) is 21.0 Å². The molecule has 2 rings (SSSR count). The van der Waals surface area contributed by atoms with Crippen molar-refractivity contribution in [3.63, 3.8) is 0 Å². The number of nitro groups is 1. The van der Waals surface area contributed by atoms with Gasteiger partial charge in [-0.1, -0.05) is 0 Å². The van der Waals surface area contributed by atoms with Crippen LogP contribution in [0.4, 0.5) is 10.1 Å². The number of imidazole rings is 1. The number of hydrogen-bond donors (Lipinski definition) is 1. The second-order valence-electron chi connectivity index (χ2n) is 4.10. The fraction of sp³-hybridized carbons (Fsp3) is 0.250. The summed E-state index contributed by atoms with van der Waals surface area (Å²) >= 11 is 0. The maximum Gasteiger partial charge on any atom is 0.296 e. The summed E-state index contributed by atoms with van der Waals surface area (Å²) in [5, 5.41) is 11.0. The van der Waals surface area contributed by atoms with Gasteiger partial charge in [0.05, 0.1) is 11.0 Å². The van der Waals surface area contributed by atoms with Crippen molar-refractivity contribution >= 4 is 5.69 Å². The van der Waals surface area contributed by atoms with E-state index in [0.29, 0.717) is 30.0 Å². The van der Waals surface area contributed by atoms with Gasteiger partial charge in [-0.2, -0.15) is 0 Å². The first-order valence-electron chi connectivity index (χ1n) is 5.71. The first-order valence-corrected chi connectivity index (χ1v) is 5.71. The molecule has 0 fully saturated rings. The minimum Gasteiger partial charge on any atom is -0.330 e. The Morgan fingerprint density at radius 1 is 1.53 bits per heavy atom. The van der Waals surface area contributed by atoms with E-state index < -0.39 is 10.7 Å². The normalized spacial score (nSPS) is 10.7. The van der Waals surface area contributed by atoms with Crippen molar-refractivity contribution in [2.75, 3.05) is 6.54 Å². The average molecular weight is 264 g/mol. The summed E-state index contributed by atoms with van der Waals surface area (Å²) in [7, 11) is 0. The van der Waals surface area contributed by atoms with Crippen LogP contribution in [0, 0.1) is 22.9 Å². The van der Waals surface area contributed by atoms with E-state index in [1.54, 1.807) is 17.7 Å². The number of nitrogens with zero attached hydrogens (tertiary/aromatic N) is 3. The van der Waals surface area contributed by atoms with Gasteiger partial charge in [0, 0.05) is 18.8 Å². The summed E-state index contributed by atoms with van der Waals surface area (Å²) in [5.41, 5.74) is 5.82. The summed E-state index contributed by atoms with van der Waals surface area (Å²) < 4.78 is 15.0. The number of rotatable bonds is 4. The molecule has 100 valence electrons. The van der Waals surface area contributed by atoms with Gasteiger partial charge in [0.1, 0.15) is 17.3 Å². The molecule has 1 aromatic heterocycles. The third-order valence-electron chi connectivity index (χ3n) is 2.80. The van der Waals surface area contributed by atoms with E-state index in [1.165, 1.54) is 12.3 Å². The van der Waals surface area contributed by atoms with Crippen molar-refractivity contribution in [1.29, 1.82) is 0 Å². The van der Waals surface area contributed by atoms with Gasteiger partial charge in [0.25, 0.3) is 5.69 Å². The highest BCUT2D eigenvalue weighted by atomic mass is 19.1. The van der Waals surface area contributed by atoms with Gasteiger partial charge in [-0.05, 0) is 25.1 Å². The van der Waals surface area contributed by atoms with E-state index in [1.807, 2.05) is 0 Å². The minimum absolute atomic E-state index is 0.292. The van der Waals surface area contributed by atoms with E-state index in [0.717, 1.165) is 6.07 Å². The van der Waals surface area contributed by atoms with Crippen LogP contribution in [0.25, 0.3) is 5.69 Å². The van der Waals surface area contributed by atoms with Gasteiger partial charge in [-0.3, -0.25) is 14.7 Å². The molecule has 0 aliphatic carbocycles. The Labute approximate surface area is 108 Å². The third-order valence-corrected chi connectivity index (χ3v) is 2.80. The Hall–Kier alpha value is -2.28. The fourth-order valence-electron chi connectivity index (χ4n) is 1.86. The number of nitro benzene ring substituents is 1. The topological polar surface area (TPSA) is 87.0 Å². The molecule has 2 N–H and O–H groups in total. The largest absolute Gasteiger partial charge is 0.330 e. The highest BCUT2D eigenvalue weighted by Crippen LogP contribution is 2.27. The zero-order chi connectivity index (χ0) is 14.0. The summed E-state index contributed by atoms with van der Waals surface area (Å²) in [5.74, 6) is 0.00699. The Bertz CT molecular complexity index is 624. The smallest absolute Gasteiger partial charge is 0.296 e. The number of aryl methyl sites for hydroxylation is 1. The monoisotopic (exact) mass is 264 g/mol. The number of halogens is 1. The molecule has 0 amide bonds. The molecule has 0 saturated carbocycles. The SMILES string of the molecule is Cc1cc(-n2ccnc2CCN)c([N+](=O)[O-])cc1F. The quantitative estimate of drug-likeness (QED) is 0.673. The van der Waals surface area contributed by atoms with Crippen molar-refractivity contribution in [1.82, 2.24) is 9.55 Å². The van der Waals surface area contributed by atoms with Gasteiger partial charge in [0.15, 0.2) is 0 Å². The van der Waals surface area contributed by atoms with E-state index in [2.05, 4.69) is 4.98 Å². The lowest BCUT2D eigenvalue weighted by Gasteiger charge is -2.09. The zero-order valence-electron chi connectivity index (χ0n) is 10.3. The van der Waals surface area contributed by atoms with Crippen molar-refractivity contribution in [3.8, 4) is 5.69 Å². The second-order valence-corrected chi connectivity index (χ2v) is 4.10. The Morgan fingerprint density at radius 3 is 2.89 bits per heavy atom. The van der Waals surface area contributed by atoms with Crippen molar-refractivity contribution in [2.24, 2.45) is 5.73 Å². The fourth-order valence-corrected chi connectivity index (χ4v) is 1.86. The molecule has 0 spiro atoms. The van der Waals surface area contributed by atoms with Gasteiger partial charge in [0.2, 0.25) is 0 Å². The number of aromatic nitrogens is 2. The minimum atomic E-state index is -0.607. The van der Waals surface area contributed by atoms with E-state index in [-0.39, 0.29) is 5.69 Å². The van der Waals surface area contributed by atoms with Crippen LogP contribution in [0.3, 0.4) is 0 Å². The molecule has 0 bridgehead atoms. The Balaban J connectivity index is 2.63. The first-order chi connectivity index (χ1) is 9.04. The van der Waals surface area contributed by atoms with Crippen LogP contribution in [0.2, 0.25) is 0 Å². The molecular formula is C12H13FN4O2. The van der Waals surface area contributed by atoms with Crippen molar-refractivity contribution in [2.45, 2.75) is 13.3 Å². The highest BCUT2D eigenvalue weighted by molar-refractivity contribution is 5.55. The third kappa shape index (κ3) is 2.45. The maximum atomic E-state index is 13.5. The van der Waals surface area contributed by atoms with Crippen LogP contribution < -0.4 is 5.73 Å². The zero-order valence-corrected chi connectivity index (χ0v) is 10.3. The van der Waals surface area contributed by atoms with Crippen LogP contribution in [-0.2, 0) is 6.42 Å². The summed E-state index contributed by atoms with van der Waals surface area (Å²) in [6.45, 7) is 1.94. The summed E-state index contributed by atoms with van der Waals surface area (Å²) in [4.78, 5) is 14.5. The molecule has 0 aliphatic rings. The van der Waals surface area contributed by atoms with E-state index in [4.69, 9.17) is 5.73 Å². The summed E-state index contributed by atoms with van der Waals surface area (Å²) in [6.07, 6.45) is 3.62. The molecule has 7 heteroatoms. The molecule has 0 saturated heterocycles. The Morgan fingerprint density at radius 2 is 2.26 bits per heavy atom. The molecular weight excluding hydrogens is 251 g/mol. The van der Waals surface area contributed by atoms with Crippen LogP contribution >= 0.6 is 0 Å². The molecule has 0 atom stereocenters. The summed E-state index contributed by atoms with van der Waals surface area (Å²) in [6, 6.07) is 2.37. The lowest BCUT2D eigenvalue weighted by atomic mass is 10.1. The molecule has 0 aliphatic heterocycles. The molecule has 1 aromatic carbocycles. The maximum absolute atomic E-state index is 13.5. The van der Waals surface area contributed by atoms with Crippen LogP contribution in [0.1, 0.15) is 11.4 Å². The van der Waals surface area contributed by atoms with Gasteiger partial charge in [-0.15, -0.1) is 0 Å². The molecule has 6 nitrogen and oxygen atoms in total. The average Bonchev–Trinajstić information content (AvgIpc) is 2.80. The molecule has 2 aromatic rings. The van der Waals surface area contributed by atoms with Gasteiger partial charge < -0.3 is 5.73 Å². The molecule has 19 heavy (non-hydrogen) atoms. The van der Waals surface area contributed by atoms with Gasteiger partial charge in [-0.25, -0.2) is 9.37 Å². The molecule has 0 unspecified atom stereocenters. The van der Waals surface area contributed by atoms with E-state index >= 15 is 0 Å². The van der Waals surface area contributed by atoms with Crippen LogP contribution in [0.15, 0.2) is 24.5 Å². The van der Waals surface area contributed by atoms with Gasteiger partial charge >= 0.3 is 0 Å². The predicted octanol–water partition coefficient (Wildman–Crippen LogP) is 1.73. The van der Waals surface area contributed by atoms with Crippen molar-refractivity contribution in [3.05, 3.63) is 51.8 Å².